The van der Waals surface area contributed by atoms with Crippen LogP contribution < -0.4 is 0 Å². The van der Waals surface area contributed by atoms with Gasteiger partial charge in [-0.3, -0.25) is 0 Å². The maximum absolute atomic E-state index is 8.69. The second kappa shape index (κ2) is 5.83. The normalized spacial score (nSPS) is 10.3. The third kappa shape index (κ3) is 3.03. The first-order valence-corrected chi connectivity index (χ1v) is 6.81. The van der Waals surface area contributed by atoms with Gasteiger partial charge in [0.15, 0.2) is 0 Å². The first-order chi connectivity index (χ1) is 9.51. The fraction of sp³-hybridized carbons (Fsp3) is 0.353. The Kier molecular flexibility index (Phi) is 4.14. The Labute approximate surface area is 120 Å². The third-order valence-electron chi connectivity index (χ3n) is 3.48. The van der Waals surface area contributed by atoms with Crippen LogP contribution in [0.1, 0.15) is 34.6 Å². The molecule has 2 aromatic rings. The highest BCUT2D eigenvalue weighted by molar-refractivity contribution is 5.65. The summed E-state index contributed by atoms with van der Waals surface area (Å²) in [5.74, 6) is 0.749. The van der Waals surface area contributed by atoms with Gasteiger partial charge < -0.3 is 0 Å². The molecule has 0 saturated carbocycles. The van der Waals surface area contributed by atoms with Crippen molar-refractivity contribution in [3.63, 3.8) is 0 Å². The SMILES string of the molecule is Cc1cc(-c2cc(C)c(C)cc2C)nc(CCC#N)n1. The highest BCUT2D eigenvalue weighted by atomic mass is 14.9. The van der Waals surface area contributed by atoms with E-state index >= 15 is 0 Å². The number of benzene rings is 1. The number of aryl methyl sites for hydroxylation is 5. The zero-order valence-electron chi connectivity index (χ0n) is 12.5. The maximum atomic E-state index is 8.69. The molecule has 0 bridgehead atoms. The zero-order valence-corrected chi connectivity index (χ0v) is 12.5. The molecule has 0 saturated heterocycles. The van der Waals surface area contributed by atoms with Gasteiger partial charge in [-0.05, 0) is 56.5 Å². The fourth-order valence-corrected chi connectivity index (χ4v) is 2.28. The molecule has 1 heterocycles. The smallest absolute Gasteiger partial charge is 0.130 e. The maximum Gasteiger partial charge on any atom is 0.130 e. The summed E-state index contributed by atoms with van der Waals surface area (Å²) >= 11 is 0. The number of hydrogen-bond acceptors (Lipinski definition) is 3. The second-order valence-electron chi connectivity index (χ2n) is 5.22. The Morgan fingerprint density at radius 1 is 0.950 bits per heavy atom. The largest absolute Gasteiger partial charge is 0.238 e. The van der Waals surface area contributed by atoms with E-state index in [2.05, 4.69) is 48.9 Å². The molecule has 0 fully saturated rings. The van der Waals surface area contributed by atoms with Gasteiger partial charge in [0, 0.05) is 24.1 Å². The number of hydrogen-bond donors (Lipinski definition) is 0. The van der Waals surface area contributed by atoms with E-state index in [1.807, 2.05) is 13.0 Å². The van der Waals surface area contributed by atoms with Crippen LogP contribution in [0, 0.1) is 39.0 Å². The van der Waals surface area contributed by atoms with E-state index in [0.717, 1.165) is 22.8 Å². The molecule has 3 nitrogen and oxygen atoms in total. The summed E-state index contributed by atoms with van der Waals surface area (Å²) in [4.78, 5) is 9.02. The molecule has 0 N–H and O–H groups in total. The van der Waals surface area contributed by atoms with E-state index in [1.165, 1.54) is 16.7 Å². The minimum atomic E-state index is 0.453. The Morgan fingerprint density at radius 2 is 1.65 bits per heavy atom. The van der Waals surface area contributed by atoms with Crippen molar-refractivity contribution in [1.29, 1.82) is 5.26 Å². The molecule has 0 amide bonds. The zero-order chi connectivity index (χ0) is 14.7. The van der Waals surface area contributed by atoms with Gasteiger partial charge in [0.25, 0.3) is 0 Å². The molecular formula is C17H19N3. The van der Waals surface area contributed by atoms with E-state index in [4.69, 9.17) is 5.26 Å². The quantitative estimate of drug-likeness (QED) is 0.847. The van der Waals surface area contributed by atoms with Crippen molar-refractivity contribution in [3.05, 3.63) is 46.4 Å². The van der Waals surface area contributed by atoms with Gasteiger partial charge in [-0.15, -0.1) is 0 Å². The monoisotopic (exact) mass is 265 g/mol. The van der Waals surface area contributed by atoms with Gasteiger partial charge in [-0.1, -0.05) is 6.07 Å². The lowest BCUT2D eigenvalue weighted by Gasteiger charge is -2.11. The second-order valence-corrected chi connectivity index (χ2v) is 5.22. The van der Waals surface area contributed by atoms with Crippen LogP contribution in [0.4, 0.5) is 0 Å². The van der Waals surface area contributed by atoms with Crippen LogP contribution in [-0.4, -0.2) is 9.97 Å². The van der Waals surface area contributed by atoms with Crippen LogP contribution in [0.15, 0.2) is 18.2 Å². The topological polar surface area (TPSA) is 49.6 Å². The predicted octanol–water partition coefficient (Wildman–Crippen LogP) is 3.83. The molecule has 20 heavy (non-hydrogen) atoms. The van der Waals surface area contributed by atoms with Crippen molar-refractivity contribution in [3.8, 4) is 17.3 Å². The molecule has 0 aliphatic heterocycles. The predicted molar refractivity (Wildman–Crippen MR) is 80.4 cm³/mol. The fourth-order valence-electron chi connectivity index (χ4n) is 2.28. The molecule has 0 spiro atoms. The number of aromatic nitrogens is 2. The molecule has 0 aliphatic carbocycles. The van der Waals surface area contributed by atoms with Gasteiger partial charge in [0.2, 0.25) is 0 Å². The average Bonchev–Trinajstić information content (AvgIpc) is 2.40. The van der Waals surface area contributed by atoms with Gasteiger partial charge in [0.1, 0.15) is 5.82 Å². The van der Waals surface area contributed by atoms with E-state index in [1.54, 1.807) is 0 Å². The molecule has 3 heteroatoms. The van der Waals surface area contributed by atoms with Crippen LogP contribution in [0.5, 0.6) is 0 Å². The molecule has 1 aromatic heterocycles. The van der Waals surface area contributed by atoms with Crippen molar-refractivity contribution in [1.82, 2.24) is 9.97 Å². The van der Waals surface area contributed by atoms with Crippen LogP contribution in [0.25, 0.3) is 11.3 Å². The molecular weight excluding hydrogens is 246 g/mol. The average molecular weight is 265 g/mol. The number of rotatable bonds is 3. The lowest BCUT2D eigenvalue weighted by Crippen LogP contribution is -2.00. The van der Waals surface area contributed by atoms with Crippen LogP contribution in [0.3, 0.4) is 0 Å². The lowest BCUT2D eigenvalue weighted by molar-refractivity contribution is 0.872. The summed E-state index contributed by atoms with van der Waals surface area (Å²) in [5.41, 5.74) is 6.82. The summed E-state index contributed by atoms with van der Waals surface area (Å²) < 4.78 is 0. The van der Waals surface area contributed by atoms with Crippen LogP contribution in [0.2, 0.25) is 0 Å². The summed E-state index contributed by atoms with van der Waals surface area (Å²) in [6.45, 7) is 8.31. The van der Waals surface area contributed by atoms with Crippen LogP contribution >= 0.6 is 0 Å². The van der Waals surface area contributed by atoms with Crippen molar-refractivity contribution >= 4 is 0 Å². The number of nitrogens with zero attached hydrogens (tertiary/aromatic N) is 3. The highest BCUT2D eigenvalue weighted by Crippen LogP contribution is 2.25. The standard InChI is InChI=1S/C17H19N3/c1-11-8-13(3)15(9-12(11)2)16-10-14(4)19-17(20-16)6-5-7-18/h8-10H,5-6H2,1-4H3. The van der Waals surface area contributed by atoms with Gasteiger partial charge >= 0.3 is 0 Å². The Balaban J connectivity index is 2.50. The first-order valence-electron chi connectivity index (χ1n) is 6.81. The van der Waals surface area contributed by atoms with Gasteiger partial charge in [0.05, 0.1) is 11.8 Å². The summed E-state index contributed by atoms with van der Waals surface area (Å²) in [5, 5.41) is 8.69. The summed E-state index contributed by atoms with van der Waals surface area (Å²) in [6.07, 6.45) is 1.06. The highest BCUT2D eigenvalue weighted by Gasteiger charge is 2.09. The van der Waals surface area contributed by atoms with Crippen LogP contribution in [-0.2, 0) is 6.42 Å². The number of nitriles is 1. The van der Waals surface area contributed by atoms with E-state index in [-0.39, 0.29) is 0 Å². The Morgan fingerprint density at radius 3 is 2.35 bits per heavy atom. The molecule has 0 unspecified atom stereocenters. The van der Waals surface area contributed by atoms with Gasteiger partial charge in [-0.2, -0.15) is 5.26 Å². The Bertz CT molecular complexity index is 681. The molecule has 1 aromatic carbocycles. The van der Waals surface area contributed by atoms with E-state index < -0.39 is 0 Å². The van der Waals surface area contributed by atoms with E-state index in [9.17, 15) is 0 Å². The molecule has 0 atom stereocenters. The minimum Gasteiger partial charge on any atom is -0.238 e. The molecule has 0 aliphatic rings. The summed E-state index contributed by atoms with van der Waals surface area (Å²) in [7, 11) is 0. The molecule has 102 valence electrons. The Hall–Kier alpha value is -2.21. The van der Waals surface area contributed by atoms with E-state index in [0.29, 0.717) is 12.8 Å². The first kappa shape index (κ1) is 14.2. The van der Waals surface area contributed by atoms with Gasteiger partial charge in [-0.25, -0.2) is 9.97 Å². The molecule has 0 radical (unpaired) electrons. The minimum absolute atomic E-state index is 0.453. The molecule has 2 rings (SSSR count). The van der Waals surface area contributed by atoms with Crippen molar-refractivity contribution < 1.29 is 0 Å². The third-order valence-corrected chi connectivity index (χ3v) is 3.48. The van der Waals surface area contributed by atoms with Crippen molar-refractivity contribution in [2.45, 2.75) is 40.5 Å². The lowest BCUT2D eigenvalue weighted by atomic mass is 9.98. The summed E-state index contributed by atoms with van der Waals surface area (Å²) in [6, 6.07) is 8.52. The van der Waals surface area contributed by atoms with Crippen molar-refractivity contribution in [2.75, 3.05) is 0 Å². The van der Waals surface area contributed by atoms with Crippen molar-refractivity contribution in [2.24, 2.45) is 0 Å².